The van der Waals surface area contributed by atoms with E-state index in [0.717, 1.165) is 44.6 Å². The molecule has 0 saturated heterocycles. The SMILES string of the molecule is Cc1cccc(C(OCc2cccc(-c3ccccc3S)n2)c2cccc(C)n2)n1. The van der Waals surface area contributed by atoms with E-state index >= 15 is 0 Å². The molecule has 0 unspecified atom stereocenters. The molecule has 5 heteroatoms. The van der Waals surface area contributed by atoms with Crippen LogP contribution in [0.5, 0.6) is 0 Å². The van der Waals surface area contributed by atoms with Crippen molar-refractivity contribution >= 4 is 12.6 Å². The predicted molar refractivity (Wildman–Crippen MR) is 122 cm³/mol. The van der Waals surface area contributed by atoms with E-state index < -0.39 is 0 Å². The van der Waals surface area contributed by atoms with Crippen molar-refractivity contribution in [1.82, 2.24) is 15.0 Å². The van der Waals surface area contributed by atoms with Gasteiger partial charge in [0.1, 0.15) is 6.10 Å². The third-order valence-corrected chi connectivity index (χ3v) is 5.13. The number of pyridine rings is 3. The Labute approximate surface area is 182 Å². The van der Waals surface area contributed by atoms with Gasteiger partial charge in [-0.25, -0.2) is 0 Å². The van der Waals surface area contributed by atoms with Crippen molar-refractivity contribution in [1.29, 1.82) is 0 Å². The van der Waals surface area contributed by atoms with Crippen LogP contribution in [0.2, 0.25) is 0 Å². The Hall–Kier alpha value is -3.02. The minimum atomic E-state index is -0.368. The number of hydrogen-bond donors (Lipinski definition) is 1. The lowest BCUT2D eigenvalue weighted by Crippen LogP contribution is -2.11. The smallest absolute Gasteiger partial charge is 0.142 e. The molecule has 4 rings (SSSR count). The van der Waals surface area contributed by atoms with Gasteiger partial charge in [0.05, 0.1) is 29.4 Å². The van der Waals surface area contributed by atoms with Crippen molar-refractivity contribution in [2.45, 2.75) is 31.5 Å². The van der Waals surface area contributed by atoms with Crippen LogP contribution in [-0.2, 0) is 11.3 Å². The summed E-state index contributed by atoms with van der Waals surface area (Å²) in [4.78, 5) is 15.0. The fourth-order valence-corrected chi connectivity index (χ4v) is 3.59. The highest BCUT2D eigenvalue weighted by Gasteiger charge is 2.19. The molecule has 4 nitrogen and oxygen atoms in total. The summed E-state index contributed by atoms with van der Waals surface area (Å²) in [6, 6.07) is 25.8. The molecule has 0 atom stereocenters. The zero-order valence-corrected chi connectivity index (χ0v) is 17.9. The van der Waals surface area contributed by atoms with Gasteiger partial charge >= 0.3 is 0 Å². The normalized spacial score (nSPS) is 11.1. The van der Waals surface area contributed by atoms with E-state index in [9.17, 15) is 0 Å². The minimum Gasteiger partial charge on any atom is -0.359 e. The fraction of sp³-hybridized carbons (Fsp3) is 0.160. The molecule has 0 saturated carbocycles. The number of ether oxygens (including phenoxy) is 1. The summed E-state index contributed by atoms with van der Waals surface area (Å²) in [7, 11) is 0. The van der Waals surface area contributed by atoms with Crippen molar-refractivity contribution in [3.8, 4) is 11.3 Å². The van der Waals surface area contributed by atoms with Gasteiger partial charge in [0.25, 0.3) is 0 Å². The molecular formula is C25H23N3OS. The third kappa shape index (κ3) is 4.75. The van der Waals surface area contributed by atoms with Gasteiger partial charge in [-0.3, -0.25) is 15.0 Å². The Morgan fingerprint density at radius 3 is 2.00 bits per heavy atom. The summed E-state index contributed by atoms with van der Waals surface area (Å²) < 4.78 is 6.32. The van der Waals surface area contributed by atoms with Crippen molar-refractivity contribution in [2.75, 3.05) is 0 Å². The molecule has 0 amide bonds. The van der Waals surface area contributed by atoms with Crippen LogP contribution in [0.3, 0.4) is 0 Å². The lowest BCUT2D eigenvalue weighted by Gasteiger charge is -2.18. The van der Waals surface area contributed by atoms with E-state index in [0.29, 0.717) is 6.61 Å². The Morgan fingerprint density at radius 1 is 0.733 bits per heavy atom. The Morgan fingerprint density at radius 2 is 1.37 bits per heavy atom. The maximum absolute atomic E-state index is 6.32. The number of nitrogens with zero attached hydrogens (tertiary/aromatic N) is 3. The summed E-state index contributed by atoms with van der Waals surface area (Å²) in [6.07, 6.45) is -0.368. The zero-order valence-electron chi connectivity index (χ0n) is 17.0. The molecule has 4 aromatic rings. The molecule has 3 aromatic heterocycles. The monoisotopic (exact) mass is 413 g/mol. The van der Waals surface area contributed by atoms with Gasteiger partial charge in [-0.15, -0.1) is 12.6 Å². The van der Waals surface area contributed by atoms with E-state index in [2.05, 4.69) is 22.6 Å². The van der Waals surface area contributed by atoms with Gasteiger partial charge in [-0.05, 0) is 56.3 Å². The van der Waals surface area contributed by atoms with Gasteiger partial charge in [-0.2, -0.15) is 0 Å². The summed E-state index contributed by atoms with van der Waals surface area (Å²) in [5, 5.41) is 0. The van der Waals surface area contributed by atoms with Gasteiger partial charge < -0.3 is 4.74 Å². The average Bonchev–Trinajstić information content (AvgIpc) is 2.75. The van der Waals surface area contributed by atoms with Gasteiger partial charge in [0.15, 0.2) is 0 Å². The van der Waals surface area contributed by atoms with Crippen LogP contribution in [0.15, 0.2) is 83.8 Å². The third-order valence-electron chi connectivity index (χ3n) is 4.74. The quantitative estimate of drug-likeness (QED) is 0.409. The molecule has 3 heterocycles. The Bertz CT molecular complexity index is 1120. The molecule has 0 spiro atoms. The first-order chi connectivity index (χ1) is 14.6. The number of thiol groups is 1. The van der Waals surface area contributed by atoms with Crippen LogP contribution >= 0.6 is 12.6 Å². The van der Waals surface area contributed by atoms with Crippen molar-refractivity contribution in [3.63, 3.8) is 0 Å². The Kier molecular flexibility index (Phi) is 6.21. The highest BCUT2D eigenvalue weighted by molar-refractivity contribution is 7.80. The molecule has 0 aliphatic carbocycles. The largest absolute Gasteiger partial charge is 0.359 e. The molecular weight excluding hydrogens is 390 g/mol. The highest BCUT2D eigenvalue weighted by atomic mass is 32.1. The molecule has 0 bridgehead atoms. The second-order valence-corrected chi connectivity index (χ2v) is 7.61. The molecule has 30 heavy (non-hydrogen) atoms. The maximum Gasteiger partial charge on any atom is 0.142 e. The van der Waals surface area contributed by atoms with Crippen molar-refractivity contribution < 1.29 is 4.74 Å². The van der Waals surface area contributed by atoms with Gasteiger partial charge in [0.2, 0.25) is 0 Å². The molecule has 1 aromatic carbocycles. The first-order valence-corrected chi connectivity index (χ1v) is 10.3. The average molecular weight is 414 g/mol. The van der Waals surface area contributed by atoms with Crippen molar-refractivity contribution in [2.24, 2.45) is 0 Å². The molecule has 0 fully saturated rings. The first-order valence-electron chi connectivity index (χ1n) is 9.83. The number of rotatable bonds is 6. The molecule has 0 aliphatic heterocycles. The van der Waals surface area contributed by atoms with Gasteiger partial charge in [0, 0.05) is 21.8 Å². The van der Waals surface area contributed by atoms with Crippen molar-refractivity contribution in [3.05, 3.63) is 107 Å². The van der Waals surface area contributed by atoms with E-state index in [-0.39, 0.29) is 6.10 Å². The van der Waals surface area contributed by atoms with E-state index in [1.807, 2.05) is 92.7 Å². The number of aromatic nitrogens is 3. The second-order valence-electron chi connectivity index (χ2n) is 7.13. The molecule has 150 valence electrons. The topological polar surface area (TPSA) is 47.9 Å². The Balaban J connectivity index is 1.62. The molecule has 0 radical (unpaired) electrons. The number of benzene rings is 1. The van der Waals surface area contributed by atoms with Crippen LogP contribution in [-0.4, -0.2) is 15.0 Å². The fourth-order valence-electron chi connectivity index (χ4n) is 3.31. The first kappa shape index (κ1) is 20.3. The van der Waals surface area contributed by atoms with E-state index in [1.165, 1.54) is 0 Å². The zero-order chi connectivity index (χ0) is 20.9. The predicted octanol–water partition coefficient (Wildman–Crippen LogP) is 5.75. The lowest BCUT2D eigenvalue weighted by molar-refractivity contribution is 0.0591. The highest BCUT2D eigenvalue weighted by Crippen LogP contribution is 2.27. The van der Waals surface area contributed by atoms with E-state index in [1.54, 1.807) is 0 Å². The molecule has 0 N–H and O–H groups in total. The van der Waals surface area contributed by atoms with Crippen LogP contribution < -0.4 is 0 Å². The summed E-state index contributed by atoms with van der Waals surface area (Å²) >= 11 is 4.56. The summed E-state index contributed by atoms with van der Waals surface area (Å²) in [6.45, 7) is 4.30. The maximum atomic E-state index is 6.32. The second kappa shape index (κ2) is 9.20. The van der Waals surface area contributed by atoms with Crippen LogP contribution in [0.1, 0.15) is 34.6 Å². The summed E-state index contributed by atoms with van der Waals surface area (Å²) in [5.74, 6) is 0. The van der Waals surface area contributed by atoms with Crippen LogP contribution in [0, 0.1) is 13.8 Å². The lowest BCUT2D eigenvalue weighted by atomic mass is 10.1. The standard InChI is InChI=1S/C25H23N3OS/c1-17-8-5-13-22(26-17)25(23-14-6-9-18(2)27-23)29-16-19-10-7-12-21(28-19)20-11-3-4-15-24(20)30/h3-15,25,30H,16H2,1-2H3. The van der Waals surface area contributed by atoms with Gasteiger partial charge in [-0.1, -0.05) is 36.4 Å². The van der Waals surface area contributed by atoms with Crippen LogP contribution in [0.4, 0.5) is 0 Å². The number of aryl methyl sites for hydroxylation is 2. The summed E-state index contributed by atoms with van der Waals surface area (Å²) in [5.41, 5.74) is 6.28. The van der Waals surface area contributed by atoms with E-state index in [4.69, 9.17) is 9.72 Å². The molecule has 0 aliphatic rings. The number of hydrogen-bond acceptors (Lipinski definition) is 5. The van der Waals surface area contributed by atoms with Crippen LogP contribution in [0.25, 0.3) is 11.3 Å². The minimum absolute atomic E-state index is 0.346.